The summed E-state index contributed by atoms with van der Waals surface area (Å²) in [6.45, 7) is 7.69. The van der Waals surface area contributed by atoms with Crippen LogP contribution in [-0.2, 0) is 19.6 Å². The maximum atomic E-state index is 12.9. The van der Waals surface area contributed by atoms with Crippen molar-refractivity contribution in [1.29, 1.82) is 0 Å². The second-order valence-electron chi connectivity index (χ2n) is 10.1. The summed E-state index contributed by atoms with van der Waals surface area (Å²) < 4.78 is 33.1. The summed E-state index contributed by atoms with van der Waals surface area (Å²) in [5.41, 5.74) is 2.01. The van der Waals surface area contributed by atoms with Gasteiger partial charge in [-0.2, -0.15) is 4.31 Å². The second kappa shape index (κ2) is 9.87. The Bertz CT molecular complexity index is 1120. The van der Waals surface area contributed by atoms with E-state index in [1.165, 1.54) is 21.8 Å². The second-order valence-corrected chi connectivity index (χ2v) is 12.0. The van der Waals surface area contributed by atoms with Crippen LogP contribution >= 0.6 is 0 Å². The summed E-state index contributed by atoms with van der Waals surface area (Å²) in [5.74, 6) is -0.148. The average molecular weight is 499 g/mol. The first kappa shape index (κ1) is 24.2. The number of benzene rings is 1. The van der Waals surface area contributed by atoms with Crippen LogP contribution in [0, 0.1) is 12.3 Å². The lowest BCUT2D eigenvalue weighted by molar-refractivity contribution is -0.150. The SMILES string of the molecule is Cc1ccc(N2CCN(CCC3CC4(CCN(S(=O)(=O)c5cccnc5)CC4)C(=O)O3)CC2)cc1. The molecular formula is C26H34N4O4S. The summed E-state index contributed by atoms with van der Waals surface area (Å²) in [5, 5.41) is 0. The Hall–Kier alpha value is -2.49. The molecule has 9 heteroatoms. The predicted octanol–water partition coefficient (Wildman–Crippen LogP) is 2.69. The van der Waals surface area contributed by atoms with Gasteiger partial charge in [0.25, 0.3) is 0 Å². The molecule has 35 heavy (non-hydrogen) atoms. The van der Waals surface area contributed by atoms with Crippen LogP contribution in [0.1, 0.15) is 31.2 Å². The maximum absolute atomic E-state index is 12.9. The van der Waals surface area contributed by atoms with Crippen molar-refractivity contribution >= 4 is 21.7 Å². The number of ether oxygens (including phenoxy) is 1. The Morgan fingerprint density at radius 3 is 2.40 bits per heavy atom. The number of hydrogen-bond acceptors (Lipinski definition) is 7. The minimum atomic E-state index is -3.58. The Kier molecular flexibility index (Phi) is 6.83. The number of aryl methyl sites for hydroxylation is 1. The van der Waals surface area contributed by atoms with Crippen LogP contribution < -0.4 is 4.90 Å². The molecule has 188 valence electrons. The van der Waals surface area contributed by atoms with Crippen LogP contribution in [0.25, 0.3) is 0 Å². The van der Waals surface area contributed by atoms with Crippen LogP contribution in [0.5, 0.6) is 0 Å². The van der Waals surface area contributed by atoms with E-state index < -0.39 is 15.4 Å². The minimum Gasteiger partial charge on any atom is -0.462 e. The molecule has 5 rings (SSSR count). The van der Waals surface area contributed by atoms with E-state index in [0.29, 0.717) is 32.4 Å². The van der Waals surface area contributed by atoms with E-state index in [4.69, 9.17) is 4.74 Å². The monoisotopic (exact) mass is 498 g/mol. The van der Waals surface area contributed by atoms with Crippen molar-refractivity contribution in [3.63, 3.8) is 0 Å². The summed E-state index contributed by atoms with van der Waals surface area (Å²) in [4.78, 5) is 21.9. The molecule has 3 aliphatic rings. The van der Waals surface area contributed by atoms with Gasteiger partial charge in [0.15, 0.2) is 0 Å². The fraction of sp³-hybridized carbons (Fsp3) is 0.538. The van der Waals surface area contributed by atoms with Crippen molar-refractivity contribution in [2.24, 2.45) is 5.41 Å². The lowest BCUT2D eigenvalue weighted by atomic mass is 9.76. The van der Waals surface area contributed by atoms with Gasteiger partial charge in [-0.15, -0.1) is 0 Å². The third kappa shape index (κ3) is 5.08. The molecule has 0 amide bonds. The number of rotatable bonds is 6. The van der Waals surface area contributed by atoms with Gasteiger partial charge < -0.3 is 9.64 Å². The lowest BCUT2D eigenvalue weighted by Crippen LogP contribution is -2.47. The zero-order chi connectivity index (χ0) is 24.5. The zero-order valence-corrected chi connectivity index (χ0v) is 21.1. The van der Waals surface area contributed by atoms with Crippen LogP contribution in [-0.4, -0.2) is 80.5 Å². The highest BCUT2D eigenvalue weighted by molar-refractivity contribution is 7.89. The number of piperidine rings is 1. The van der Waals surface area contributed by atoms with Crippen molar-refractivity contribution in [2.75, 3.05) is 50.7 Å². The Balaban J connectivity index is 1.10. The molecule has 2 aromatic rings. The Morgan fingerprint density at radius 2 is 1.74 bits per heavy atom. The molecule has 3 saturated heterocycles. The molecular weight excluding hydrogens is 464 g/mol. The van der Waals surface area contributed by atoms with Gasteiger partial charge in [-0.1, -0.05) is 17.7 Å². The highest BCUT2D eigenvalue weighted by Crippen LogP contribution is 2.44. The molecule has 0 aliphatic carbocycles. The number of carbonyl (C=O) groups excluding carboxylic acids is 1. The van der Waals surface area contributed by atoms with Crippen molar-refractivity contribution in [2.45, 2.75) is 43.6 Å². The fourth-order valence-electron chi connectivity index (χ4n) is 5.52. The third-order valence-corrected chi connectivity index (χ3v) is 9.70. The van der Waals surface area contributed by atoms with Crippen LogP contribution in [0.15, 0.2) is 53.7 Å². The van der Waals surface area contributed by atoms with Crippen molar-refractivity contribution < 1.29 is 17.9 Å². The predicted molar refractivity (Wildman–Crippen MR) is 134 cm³/mol. The Morgan fingerprint density at radius 1 is 1.03 bits per heavy atom. The molecule has 1 aromatic carbocycles. The topological polar surface area (TPSA) is 83.0 Å². The van der Waals surface area contributed by atoms with Gasteiger partial charge in [-0.3, -0.25) is 14.7 Å². The van der Waals surface area contributed by atoms with Gasteiger partial charge >= 0.3 is 5.97 Å². The number of carbonyl (C=O) groups is 1. The van der Waals surface area contributed by atoms with Gasteiger partial charge in [-0.05, 0) is 50.5 Å². The quantitative estimate of drug-likeness (QED) is 0.567. The summed E-state index contributed by atoms with van der Waals surface area (Å²) in [6, 6.07) is 11.9. The molecule has 1 unspecified atom stereocenters. The molecule has 0 radical (unpaired) electrons. The number of cyclic esters (lactones) is 1. The van der Waals surface area contributed by atoms with Gasteiger partial charge in [0, 0.05) is 70.3 Å². The number of piperazine rings is 1. The number of pyridine rings is 1. The van der Waals surface area contributed by atoms with Gasteiger partial charge in [-0.25, -0.2) is 8.42 Å². The first-order valence-corrected chi connectivity index (χ1v) is 14.0. The van der Waals surface area contributed by atoms with Gasteiger partial charge in [0.1, 0.15) is 11.0 Å². The summed E-state index contributed by atoms with van der Waals surface area (Å²) >= 11 is 0. The molecule has 3 aliphatic heterocycles. The Labute approximate surface area is 207 Å². The number of hydrogen-bond donors (Lipinski definition) is 0. The van der Waals surface area contributed by atoms with Crippen molar-refractivity contribution in [3.8, 4) is 0 Å². The number of sulfonamides is 1. The first-order chi connectivity index (χ1) is 16.9. The fourth-order valence-corrected chi connectivity index (χ4v) is 6.93. The van der Waals surface area contributed by atoms with Crippen molar-refractivity contribution in [3.05, 3.63) is 54.4 Å². The highest BCUT2D eigenvalue weighted by Gasteiger charge is 2.51. The lowest BCUT2D eigenvalue weighted by Gasteiger charge is -2.36. The minimum absolute atomic E-state index is 0.0842. The van der Waals surface area contributed by atoms with Crippen LogP contribution in [0.4, 0.5) is 5.69 Å². The van der Waals surface area contributed by atoms with Crippen LogP contribution in [0.3, 0.4) is 0 Å². The summed E-state index contributed by atoms with van der Waals surface area (Å²) in [6.07, 6.45) is 5.39. The van der Waals surface area contributed by atoms with E-state index >= 15 is 0 Å². The molecule has 1 aromatic heterocycles. The third-order valence-electron chi connectivity index (χ3n) is 7.82. The number of aromatic nitrogens is 1. The molecule has 0 N–H and O–H groups in total. The summed E-state index contributed by atoms with van der Waals surface area (Å²) in [7, 11) is -3.58. The number of nitrogens with zero attached hydrogens (tertiary/aromatic N) is 4. The van der Waals surface area contributed by atoms with Crippen molar-refractivity contribution in [1.82, 2.24) is 14.2 Å². The molecule has 4 heterocycles. The first-order valence-electron chi connectivity index (χ1n) is 12.5. The smallest absolute Gasteiger partial charge is 0.312 e. The average Bonchev–Trinajstić information content (AvgIpc) is 3.18. The number of anilines is 1. The molecule has 1 atom stereocenters. The van der Waals surface area contributed by atoms with E-state index in [1.54, 1.807) is 18.3 Å². The van der Waals surface area contributed by atoms with Gasteiger partial charge in [0.2, 0.25) is 10.0 Å². The normalized spacial score (nSPS) is 23.5. The standard InChI is InChI=1S/C26H34N4O4S/c1-21-4-6-22(7-5-21)29-17-15-28(16-18-29)12-8-23-19-26(25(31)34-23)9-13-30(14-10-26)35(32,33)24-3-2-11-27-20-24/h2-7,11,20,23H,8-10,12-19H2,1H3. The molecule has 0 bridgehead atoms. The molecule has 0 saturated carbocycles. The van der Waals surface area contributed by atoms with E-state index in [2.05, 4.69) is 46.0 Å². The highest BCUT2D eigenvalue weighted by atomic mass is 32.2. The van der Waals surface area contributed by atoms with E-state index in [-0.39, 0.29) is 17.0 Å². The molecule has 3 fully saturated rings. The molecule has 1 spiro atoms. The van der Waals surface area contributed by atoms with E-state index in [9.17, 15) is 13.2 Å². The molecule has 8 nitrogen and oxygen atoms in total. The zero-order valence-electron chi connectivity index (χ0n) is 20.3. The number of esters is 1. The van der Waals surface area contributed by atoms with Crippen LogP contribution in [0.2, 0.25) is 0 Å². The van der Waals surface area contributed by atoms with Gasteiger partial charge in [0.05, 0.1) is 5.41 Å². The maximum Gasteiger partial charge on any atom is 0.312 e. The largest absolute Gasteiger partial charge is 0.462 e. The van der Waals surface area contributed by atoms with E-state index in [1.807, 2.05) is 0 Å². The van der Waals surface area contributed by atoms with E-state index in [0.717, 1.165) is 39.1 Å².